The van der Waals surface area contributed by atoms with Crippen molar-refractivity contribution < 1.29 is 0 Å². The first-order chi connectivity index (χ1) is 5.22. The Morgan fingerprint density at radius 3 is 2.45 bits per heavy atom. The van der Waals surface area contributed by atoms with E-state index < -0.39 is 0 Å². The van der Waals surface area contributed by atoms with E-state index in [1.165, 1.54) is 5.57 Å². The monoisotopic (exact) mass is 216 g/mol. The molecule has 0 aromatic carbocycles. The van der Waals surface area contributed by atoms with Gasteiger partial charge < -0.3 is 5.32 Å². The Morgan fingerprint density at radius 2 is 2.09 bits per heavy atom. The molecule has 0 heterocycles. The van der Waals surface area contributed by atoms with Crippen LogP contribution in [0.15, 0.2) is 27.3 Å². The van der Waals surface area contributed by atoms with Crippen LogP contribution in [0, 0.1) is 0 Å². The Kier molecular flexibility index (Phi) is 5.84. The zero-order valence-corrected chi connectivity index (χ0v) is 8.64. The van der Waals surface area contributed by atoms with Crippen LogP contribution < -0.4 is 5.32 Å². The first-order valence-electron chi connectivity index (χ1n) is 3.33. The van der Waals surface area contributed by atoms with Crippen LogP contribution in [-0.4, -0.2) is 13.4 Å². The summed E-state index contributed by atoms with van der Waals surface area (Å²) in [5.41, 5.74) is 2.29. The second kappa shape index (κ2) is 6.16. The quantitative estimate of drug-likeness (QED) is 0.438. The minimum atomic E-state index is 1.06. The van der Waals surface area contributed by atoms with E-state index in [1.807, 2.05) is 24.9 Å². The summed E-state index contributed by atoms with van der Waals surface area (Å²) >= 11 is 3.21. The van der Waals surface area contributed by atoms with Gasteiger partial charge in [0, 0.05) is 12.7 Å². The topological polar surface area (TPSA) is 24.4 Å². The molecule has 2 nitrogen and oxygen atoms in total. The molecule has 0 aromatic heterocycles. The fourth-order valence-electron chi connectivity index (χ4n) is 0.556. The molecule has 0 spiro atoms. The Labute approximate surface area is 76.2 Å². The van der Waals surface area contributed by atoms with Gasteiger partial charge in [-0.25, -0.2) is 0 Å². The lowest BCUT2D eigenvalue weighted by atomic mass is 10.2. The summed E-state index contributed by atoms with van der Waals surface area (Å²) in [5.74, 6) is 0. The van der Waals surface area contributed by atoms with Crippen LogP contribution in [0.4, 0.5) is 0 Å². The lowest BCUT2D eigenvalue weighted by Crippen LogP contribution is -2.09. The lowest BCUT2D eigenvalue weighted by Gasteiger charge is -2.02. The molecule has 0 saturated heterocycles. The molecule has 11 heavy (non-hydrogen) atoms. The number of allylic oxidation sites excluding steroid dienone is 2. The van der Waals surface area contributed by atoms with Gasteiger partial charge in [-0.2, -0.15) is 0 Å². The molecular formula is C8H13BrN2. The SMILES string of the molecule is CN=CNC(C=CBr)=C(C)C. The van der Waals surface area contributed by atoms with E-state index >= 15 is 0 Å². The van der Waals surface area contributed by atoms with Crippen molar-refractivity contribution in [2.45, 2.75) is 13.8 Å². The van der Waals surface area contributed by atoms with E-state index in [-0.39, 0.29) is 0 Å². The maximum absolute atomic E-state index is 3.82. The minimum Gasteiger partial charge on any atom is -0.347 e. The molecule has 3 heteroatoms. The van der Waals surface area contributed by atoms with Gasteiger partial charge in [0.2, 0.25) is 0 Å². The highest BCUT2D eigenvalue weighted by molar-refractivity contribution is 9.11. The molecular weight excluding hydrogens is 204 g/mol. The molecule has 1 N–H and O–H groups in total. The molecule has 0 aliphatic rings. The molecule has 0 aliphatic carbocycles. The number of rotatable bonds is 3. The number of nitrogens with zero attached hydrogens (tertiary/aromatic N) is 1. The summed E-state index contributed by atoms with van der Waals surface area (Å²) in [6, 6.07) is 0. The first-order valence-corrected chi connectivity index (χ1v) is 4.25. The Morgan fingerprint density at radius 1 is 1.45 bits per heavy atom. The van der Waals surface area contributed by atoms with Crippen LogP contribution in [0.5, 0.6) is 0 Å². The van der Waals surface area contributed by atoms with Gasteiger partial charge in [-0.3, -0.25) is 4.99 Å². The summed E-state index contributed by atoms with van der Waals surface area (Å²) in [6.45, 7) is 4.08. The highest BCUT2D eigenvalue weighted by atomic mass is 79.9. The fourth-order valence-corrected chi connectivity index (χ4v) is 0.821. The Balaban J connectivity index is 4.25. The van der Waals surface area contributed by atoms with Crippen molar-refractivity contribution in [3.8, 4) is 0 Å². The second-order valence-corrected chi connectivity index (χ2v) is 2.77. The summed E-state index contributed by atoms with van der Waals surface area (Å²) in [4.78, 5) is 5.63. The molecule has 0 atom stereocenters. The van der Waals surface area contributed by atoms with Crippen LogP contribution >= 0.6 is 15.9 Å². The van der Waals surface area contributed by atoms with E-state index in [0.29, 0.717) is 0 Å². The summed E-state index contributed by atoms with van der Waals surface area (Å²) in [5, 5.41) is 3.04. The van der Waals surface area contributed by atoms with Gasteiger partial charge >= 0.3 is 0 Å². The highest BCUT2D eigenvalue weighted by Gasteiger charge is 1.89. The molecule has 0 rings (SSSR count). The number of nitrogens with one attached hydrogen (secondary N) is 1. The number of hydrogen-bond acceptors (Lipinski definition) is 1. The van der Waals surface area contributed by atoms with Crippen LogP contribution in [-0.2, 0) is 0 Å². The largest absolute Gasteiger partial charge is 0.347 e. The van der Waals surface area contributed by atoms with Crippen molar-refractivity contribution in [1.82, 2.24) is 5.32 Å². The van der Waals surface area contributed by atoms with E-state index in [4.69, 9.17) is 0 Å². The Hall–Kier alpha value is -0.570. The van der Waals surface area contributed by atoms with Crippen molar-refractivity contribution in [3.05, 3.63) is 22.3 Å². The van der Waals surface area contributed by atoms with Crippen LogP contribution in [0.3, 0.4) is 0 Å². The second-order valence-electron chi connectivity index (χ2n) is 2.24. The number of hydrogen-bond donors (Lipinski definition) is 1. The average molecular weight is 217 g/mol. The standard InChI is InChI=1S/C8H13BrN2/c1-7(2)8(4-5-9)11-6-10-3/h4-6H,1-3H3,(H,10,11). The molecule has 0 radical (unpaired) electrons. The van der Waals surface area contributed by atoms with Crippen molar-refractivity contribution in [2.75, 3.05) is 7.05 Å². The normalized spacial score (nSPS) is 10.9. The zero-order valence-electron chi connectivity index (χ0n) is 7.06. The molecule has 0 bridgehead atoms. The predicted molar refractivity (Wildman–Crippen MR) is 54.0 cm³/mol. The Bertz CT molecular complexity index is 188. The van der Waals surface area contributed by atoms with E-state index in [2.05, 4.69) is 26.2 Å². The van der Waals surface area contributed by atoms with Crippen LogP contribution in [0.25, 0.3) is 0 Å². The van der Waals surface area contributed by atoms with Gasteiger partial charge in [0.05, 0.1) is 6.34 Å². The third-order valence-electron chi connectivity index (χ3n) is 1.12. The minimum absolute atomic E-state index is 1.06. The summed E-state index contributed by atoms with van der Waals surface area (Å²) in [7, 11) is 1.73. The molecule has 0 saturated carbocycles. The maximum atomic E-state index is 3.82. The molecule has 0 fully saturated rings. The predicted octanol–water partition coefficient (Wildman–Crippen LogP) is 2.44. The van der Waals surface area contributed by atoms with Gasteiger partial charge in [0.15, 0.2) is 0 Å². The highest BCUT2D eigenvalue weighted by Crippen LogP contribution is 2.01. The van der Waals surface area contributed by atoms with Crippen molar-refractivity contribution in [1.29, 1.82) is 0 Å². The van der Waals surface area contributed by atoms with Gasteiger partial charge in [-0.1, -0.05) is 21.5 Å². The molecule has 0 amide bonds. The van der Waals surface area contributed by atoms with Gasteiger partial charge in [-0.05, 0) is 24.9 Å². The average Bonchev–Trinajstić information content (AvgIpc) is 1.97. The summed E-state index contributed by atoms with van der Waals surface area (Å²) in [6.07, 6.45) is 3.60. The van der Waals surface area contributed by atoms with Crippen molar-refractivity contribution >= 4 is 22.3 Å². The van der Waals surface area contributed by atoms with Crippen molar-refractivity contribution in [2.24, 2.45) is 4.99 Å². The zero-order chi connectivity index (χ0) is 8.69. The first kappa shape index (κ1) is 10.4. The molecule has 0 aliphatic heterocycles. The van der Waals surface area contributed by atoms with Gasteiger partial charge in [0.25, 0.3) is 0 Å². The molecule has 0 unspecified atom stereocenters. The third kappa shape index (κ3) is 4.79. The summed E-state index contributed by atoms with van der Waals surface area (Å²) < 4.78 is 0. The molecule has 62 valence electrons. The van der Waals surface area contributed by atoms with E-state index in [1.54, 1.807) is 13.4 Å². The van der Waals surface area contributed by atoms with Gasteiger partial charge in [-0.15, -0.1) is 0 Å². The molecule has 0 aromatic rings. The number of aliphatic imine (C=N–C) groups is 1. The maximum Gasteiger partial charge on any atom is 0.0864 e. The van der Waals surface area contributed by atoms with Crippen LogP contribution in [0.2, 0.25) is 0 Å². The smallest absolute Gasteiger partial charge is 0.0864 e. The van der Waals surface area contributed by atoms with Gasteiger partial charge in [0.1, 0.15) is 0 Å². The van der Waals surface area contributed by atoms with Crippen LogP contribution in [0.1, 0.15) is 13.8 Å². The van der Waals surface area contributed by atoms with E-state index in [0.717, 1.165) is 5.70 Å². The van der Waals surface area contributed by atoms with Crippen molar-refractivity contribution in [3.63, 3.8) is 0 Å². The van der Waals surface area contributed by atoms with E-state index in [9.17, 15) is 0 Å². The lowest BCUT2D eigenvalue weighted by molar-refractivity contribution is 1.13. The fraction of sp³-hybridized carbons (Fsp3) is 0.375. The number of halogens is 1. The third-order valence-corrected chi connectivity index (χ3v) is 1.38.